The number of rotatable bonds is 0. The molecule has 0 aromatic heterocycles. The van der Waals surface area contributed by atoms with E-state index < -0.39 is 20.2 Å². The Morgan fingerprint density at radius 2 is 0.818 bits per heavy atom. The van der Waals surface area contributed by atoms with Crippen LogP contribution in [-0.4, -0.2) is 76.2 Å². The Hall–Kier alpha value is 1.08. The third-order valence-corrected chi connectivity index (χ3v) is 0. The standard InChI is InChI=1S/2CH4O3S.Ca/c2*1-5(2,3)4;/h2*1H3,(H,2,3,4);/q;;+2/p-2. The predicted octanol–water partition coefficient (Wildman–Crippen LogP) is -2.06. The van der Waals surface area contributed by atoms with E-state index in [4.69, 9.17) is 25.9 Å². The van der Waals surface area contributed by atoms with Crippen LogP contribution in [0.5, 0.6) is 0 Å². The summed E-state index contributed by atoms with van der Waals surface area (Å²) in [7, 11) is -7.83. The van der Waals surface area contributed by atoms with Crippen LogP contribution in [0.2, 0.25) is 0 Å². The second kappa shape index (κ2) is 6.58. The number of hydrogen-bond donors (Lipinski definition) is 0. The minimum absolute atomic E-state index is 0. The molecule has 0 saturated carbocycles. The predicted molar refractivity (Wildman–Crippen MR) is 37.0 cm³/mol. The smallest absolute Gasteiger partial charge is 0.748 e. The molecule has 0 bridgehead atoms. The van der Waals surface area contributed by atoms with Crippen LogP contribution in [0, 0.1) is 0 Å². The Balaban J connectivity index is -0.000000107. The van der Waals surface area contributed by atoms with E-state index >= 15 is 0 Å². The Labute approximate surface area is 95.5 Å². The van der Waals surface area contributed by atoms with Crippen LogP contribution in [0.15, 0.2) is 0 Å². The van der Waals surface area contributed by atoms with Crippen LogP contribution >= 0.6 is 0 Å². The fourth-order valence-corrected chi connectivity index (χ4v) is 0. The van der Waals surface area contributed by atoms with Gasteiger partial charge in [0.15, 0.2) is 0 Å². The summed E-state index contributed by atoms with van der Waals surface area (Å²) in [6, 6.07) is 0. The molecule has 0 N–H and O–H groups in total. The Bertz CT molecular complexity index is 215. The van der Waals surface area contributed by atoms with Crippen molar-refractivity contribution in [2.75, 3.05) is 12.5 Å². The summed E-state index contributed by atoms with van der Waals surface area (Å²) in [5.41, 5.74) is 0. The molecule has 0 fully saturated rings. The summed E-state index contributed by atoms with van der Waals surface area (Å²) in [4.78, 5) is 0. The Kier molecular flexibility index (Phi) is 10.8. The molecular weight excluding hydrogens is 224 g/mol. The van der Waals surface area contributed by atoms with Gasteiger partial charge in [0.1, 0.15) is 0 Å². The molecule has 0 aliphatic carbocycles. The molecule has 0 atom stereocenters. The van der Waals surface area contributed by atoms with Crippen molar-refractivity contribution in [1.29, 1.82) is 0 Å². The van der Waals surface area contributed by atoms with Gasteiger partial charge in [0.2, 0.25) is 0 Å². The maximum atomic E-state index is 9.08. The van der Waals surface area contributed by atoms with Gasteiger partial charge in [0.25, 0.3) is 0 Å². The zero-order chi connectivity index (χ0) is 9.00. The third-order valence-electron chi connectivity index (χ3n) is 0. The molecule has 0 aliphatic heterocycles. The van der Waals surface area contributed by atoms with E-state index in [1.54, 1.807) is 0 Å². The Morgan fingerprint density at radius 3 is 0.818 bits per heavy atom. The normalized spacial score (nSPS) is 10.5. The molecule has 9 heteroatoms. The molecule has 0 aromatic carbocycles. The molecule has 0 heterocycles. The van der Waals surface area contributed by atoms with E-state index in [1.165, 1.54) is 0 Å². The first-order valence-electron chi connectivity index (χ1n) is 1.82. The van der Waals surface area contributed by atoms with E-state index in [0.717, 1.165) is 0 Å². The summed E-state index contributed by atoms with van der Waals surface area (Å²) in [6.07, 6.45) is 1.21. The summed E-state index contributed by atoms with van der Waals surface area (Å²) in [5.74, 6) is 0. The van der Waals surface area contributed by atoms with Crippen LogP contribution in [0.1, 0.15) is 0 Å². The summed E-state index contributed by atoms with van der Waals surface area (Å²) >= 11 is 0. The molecule has 11 heavy (non-hydrogen) atoms. The van der Waals surface area contributed by atoms with E-state index in [2.05, 4.69) is 0 Å². The molecule has 0 unspecified atom stereocenters. The van der Waals surface area contributed by atoms with Gasteiger partial charge in [-0.2, -0.15) is 0 Å². The van der Waals surface area contributed by atoms with Gasteiger partial charge < -0.3 is 9.11 Å². The van der Waals surface area contributed by atoms with Gasteiger partial charge >= 0.3 is 37.7 Å². The number of hydrogen-bond acceptors (Lipinski definition) is 6. The SMILES string of the molecule is CS(=O)(=O)[O-].CS(=O)(=O)[O-].[Ca+2]. The molecule has 0 rings (SSSR count). The average Bonchev–Trinajstić information content (AvgIpc) is 1.12. The summed E-state index contributed by atoms with van der Waals surface area (Å²) in [6.45, 7) is 0. The van der Waals surface area contributed by atoms with E-state index in [9.17, 15) is 0 Å². The monoisotopic (exact) mass is 230 g/mol. The first-order chi connectivity index (χ1) is 4.00. The van der Waals surface area contributed by atoms with Crippen LogP contribution in [0.25, 0.3) is 0 Å². The molecule has 0 radical (unpaired) electrons. The van der Waals surface area contributed by atoms with Crippen molar-refractivity contribution in [3.8, 4) is 0 Å². The molecule has 0 saturated heterocycles. The molecule has 0 amide bonds. The summed E-state index contributed by atoms with van der Waals surface area (Å²) in [5, 5.41) is 0. The van der Waals surface area contributed by atoms with Crippen molar-refractivity contribution in [3.05, 3.63) is 0 Å². The fraction of sp³-hybridized carbons (Fsp3) is 1.00. The van der Waals surface area contributed by atoms with Crippen molar-refractivity contribution in [2.24, 2.45) is 0 Å². The van der Waals surface area contributed by atoms with Crippen LogP contribution in [-0.2, 0) is 20.2 Å². The largest absolute Gasteiger partial charge is 2.00 e. The topological polar surface area (TPSA) is 114 Å². The molecular formula is C2H6CaO6S2. The van der Waals surface area contributed by atoms with Crippen molar-refractivity contribution >= 4 is 58.0 Å². The van der Waals surface area contributed by atoms with Crippen molar-refractivity contribution in [3.63, 3.8) is 0 Å². The second-order valence-electron chi connectivity index (χ2n) is 1.41. The van der Waals surface area contributed by atoms with Crippen molar-refractivity contribution in [1.82, 2.24) is 0 Å². The quantitative estimate of drug-likeness (QED) is 0.349. The maximum absolute atomic E-state index is 9.08. The van der Waals surface area contributed by atoms with Crippen LogP contribution in [0.3, 0.4) is 0 Å². The average molecular weight is 230 g/mol. The van der Waals surface area contributed by atoms with E-state index in [1.807, 2.05) is 0 Å². The van der Waals surface area contributed by atoms with Gasteiger partial charge in [-0.05, 0) is 0 Å². The molecule has 6 nitrogen and oxygen atoms in total. The van der Waals surface area contributed by atoms with Crippen LogP contribution < -0.4 is 0 Å². The van der Waals surface area contributed by atoms with Crippen molar-refractivity contribution in [2.45, 2.75) is 0 Å². The molecule has 0 aromatic rings. The zero-order valence-electron chi connectivity index (χ0n) is 5.97. The molecule has 64 valence electrons. The fourth-order valence-electron chi connectivity index (χ4n) is 0. The summed E-state index contributed by atoms with van der Waals surface area (Å²) < 4.78 is 54.5. The van der Waals surface area contributed by atoms with Gasteiger partial charge in [0, 0.05) is 12.5 Å². The van der Waals surface area contributed by atoms with E-state index in [0.29, 0.717) is 12.5 Å². The van der Waals surface area contributed by atoms with E-state index in [-0.39, 0.29) is 37.7 Å². The second-order valence-corrected chi connectivity index (χ2v) is 4.22. The molecule has 0 aliphatic rings. The van der Waals surface area contributed by atoms with Gasteiger partial charge in [-0.25, -0.2) is 16.8 Å². The minimum Gasteiger partial charge on any atom is -0.748 e. The first-order valence-corrected chi connectivity index (χ1v) is 5.45. The van der Waals surface area contributed by atoms with Gasteiger partial charge in [-0.1, -0.05) is 0 Å². The van der Waals surface area contributed by atoms with Gasteiger partial charge in [-0.3, -0.25) is 0 Å². The van der Waals surface area contributed by atoms with Gasteiger partial charge in [-0.15, -0.1) is 0 Å². The maximum Gasteiger partial charge on any atom is 2.00 e. The molecule has 0 spiro atoms. The Morgan fingerprint density at radius 1 is 0.818 bits per heavy atom. The third kappa shape index (κ3) is 783. The van der Waals surface area contributed by atoms with Crippen LogP contribution in [0.4, 0.5) is 0 Å². The minimum atomic E-state index is -3.92. The van der Waals surface area contributed by atoms with Gasteiger partial charge in [0.05, 0.1) is 20.2 Å². The first kappa shape index (κ1) is 18.0. The van der Waals surface area contributed by atoms with Crippen molar-refractivity contribution < 1.29 is 25.9 Å². The zero-order valence-corrected chi connectivity index (χ0v) is 9.81.